The molecule has 146 valence electrons. The van der Waals surface area contributed by atoms with E-state index >= 15 is 0 Å². The lowest BCUT2D eigenvalue weighted by molar-refractivity contribution is -0.124. The van der Waals surface area contributed by atoms with Crippen molar-refractivity contribution in [2.45, 2.75) is 34.2 Å². The monoisotopic (exact) mass is 398 g/mol. The number of hydrogen-bond acceptors (Lipinski definition) is 5. The van der Waals surface area contributed by atoms with E-state index in [1.54, 1.807) is 0 Å². The highest BCUT2D eigenvalue weighted by molar-refractivity contribution is 7.18. The SMILES string of the molecule is Cc1cccc(C)c1NC(=O)CNC(=O)Cn1cnc2sc(C)c(C)c2c1=O. The van der Waals surface area contributed by atoms with E-state index in [4.69, 9.17) is 0 Å². The molecule has 0 aliphatic heterocycles. The van der Waals surface area contributed by atoms with Gasteiger partial charge in [0.2, 0.25) is 11.8 Å². The fourth-order valence-corrected chi connectivity index (χ4v) is 3.95. The topological polar surface area (TPSA) is 93.1 Å². The molecule has 0 unspecified atom stereocenters. The predicted octanol–water partition coefficient (Wildman–Crippen LogP) is 2.45. The first kappa shape index (κ1) is 19.8. The second-order valence-electron chi connectivity index (χ2n) is 6.73. The third kappa shape index (κ3) is 3.96. The zero-order valence-electron chi connectivity index (χ0n) is 16.3. The molecule has 1 aromatic carbocycles. The van der Waals surface area contributed by atoms with Crippen LogP contribution in [0.25, 0.3) is 10.2 Å². The fraction of sp³-hybridized carbons (Fsp3) is 0.300. The Balaban J connectivity index is 1.64. The van der Waals surface area contributed by atoms with Crippen LogP contribution in [0.1, 0.15) is 21.6 Å². The van der Waals surface area contributed by atoms with E-state index in [2.05, 4.69) is 15.6 Å². The molecule has 0 fully saturated rings. The summed E-state index contributed by atoms with van der Waals surface area (Å²) in [5.74, 6) is -0.750. The van der Waals surface area contributed by atoms with E-state index in [1.165, 1.54) is 22.2 Å². The fourth-order valence-electron chi connectivity index (χ4n) is 2.97. The number of hydrogen-bond donors (Lipinski definition) is 2. The van der Waals surface area contributed by atoms with Gasteiger partial charge in [0.15, 0.2) is 0 Å². The maximum Gasteiger partial charge on any atom is 0.262 e. The second kappa shape index (κ2) is 7.93. The average Bonchev–Trinajstić information content (AvgIpc) is 2.94. The molecule has 2 amide bonds. The Morgan fingerprint density at radius 1 is 1.11 bits per heavy atom. The molecule has 2 aromatic heterocycles. The molecule has 0 saturated heterocycles. The smallest absolute Gasteiger partial charge is 0.262 e. The number of carbonyl (C=O) groups excluding carboxylic acids is 2. The van der Waals surface area contributed by atoms with Gasteiger partial charge < -0.3 is 10.6 Å². The quantitative estimate of drug-likeness (QED) is 0.690. The zero-order chi connectivity index (χ0) is 20.4. The molecule has 3 rings (SSSR count). The van der Waals surface area contributed by atoms with E-state index in [9.17, 15) is 14.4 Å². The summed E-state index contributed by atoms with van der Waals surface area (Å²) in [4.78, 5) is 43.0. The number of para-hydroxylation sites is 1. The Labute approximate surface area is 166 Å². The van der Waals surface area contributed by atoms with Crippen LogP contribution in [0, 0.1) is 27.7 Å². The minimum absolute atomic E-state index is 0.173. The maximum absolute atomic E-state index is 12.6. The molecule has 0 bridgehead atoms. The van der Waals surface area contributed by atoms with E-state index in [-0.39, 0.29) is 24.6 Å². The molecule has 0 saturated carbocycles. The van der Waals surface area contributed by atoms with Gasteiger partial charge in [-0.1, -0.05) is 18.2 Å². The first-order valence-electron chi connectivity index (χ1n) is 8.86. The van der Waals surface area contributed by atoms with E-state index in [0.29, 0.717) is 10.2 Å². The summed E-state index contributed by atoms with van der Waals surface area (Å²) >= 11 is 1.46. The summed E-state index contributed by atoms with van der Waals surface area (Å²) in [5, 5.41) is 5.91. The third-order valence-electron chi connectivity index (χ3n) is 4.66. The van der Waals surface area contributed by atoms with Crippen LogP contribution in [0.2, 0.25) is 0 Å². The van der Waals surface area contributed by atoms with Crippen LogP contribution in [0.4, 0.5) is 5.69 Å². The predicted molar refractivity (Wildman–Crippen MR) is 111 cm³/mol. The van der Waals surface area contributed by atoms with Crippen LogP contribution < -0.4 is 16.2 Å². The number of anilines is 1. The number of carbonyl (C=O) groups is 2. The summed E-state index contributed by atoms with van der Waals surface area (Å²) in [5.41, 5.74) is 3.29. The maximum atomic E-state index is 12.6. The standard InChI is InChI=1S/C20H22N4O3S/c1-11-6-5-7-12(2)18(11)23-15(25)8-21-16(26)9-24-10-22-19-17(20(24)27)13(3)14(4)28-19/h5-7,10H,8-9H2,1-4H3,(H,21,26)(H,23,25). The van der Waals surface area contributed by atoms with Gasteiger partial charge in [0, 0.05) is 10.6 Å². The van der Waals surface area contributed by atoms with Crippen molar-refractivity contribution in [3.8, 4) is 0 Å². The Bertz CT molecular complexity index is 1110. The molecule has 3 aromatic rings. The Morgan fingerprint density at radius 2 is 1.79 bits per heavy atom. The first-order valence-corrected chi connectivity index (χ1v) is 9.67. The lowest BCUT2D eigenvalue weighted by Crippen LogP contribution is -2.37. The van der Waals surface area contributed by atoms with Crippen molar-refractivity contribution < 1.29 is 9.59 Å². The van der Waals surface area contributed by atoms with Crippen molar-refractivity contribution in [1.29, 1.82) is 0 Å². The minimum Gasteiger partial charge on any atom is -0.345 e. The molecule has 0 spiro atoms. The molecular weight excluding hydrogens is 376 g/mol. The van der Waals surface area contributed by atoms with Crippen LogP contribution in [0.3, 0.4) is 0 Å². The van der Waals surface area contributed by atoms with Crippen LogP contribution in [-0.2, 0) is 16.1 Å². The first-order chi connectivity index (χ1) is 13.3. The highest BCUT2D eigenvalue weighted by Crippen LogP contribution is 2.25. The molecule has 2 N–H and O–H groups in total. The molecule has 0 aliphatic rings. The minimum atomic E-state index is -0.426. The average molecular weight is 398 g/mol. The van der Waals surface area contributed by atoms with Crippen LogP contribution in [-0.4, -0.2) is 27.9 Å². The van der Waals surface area contributed by atoms with Gasteiger partial charge in [0.05, 0.1) is 18.3 Å². The normalized spacial score (nSPS) is 10.9. The number of aryl methyl sites for hydroxylation is 4. The highest BCUT2D eigenvalue weighted by Gasteiger charge is 2.14. The molecule has 8 heteroatoms. The summed E-state index contributed by atoms with van der Waals surface area (Å²) in [6, 6.07) is 5.73. The van der Waals surface area contributed by atoms with E-state index in [0.717, 1.165) is 27.3 Å². The number of amides is 2. The van der Waals surface area contributed by atoms with Gasteiger partial charge in [0.25, 0.3) is 5.56 Å². The van der Waals surface area contributed by atoms with Crippen molar-refractivity contribution in [2.75, 3.05) is 11.9 Å². The van der Waals surface area contributed by atoms with Gasteiger partial charge >= 0.3 is 0 Å². The molecular formula is C20H22N4O3S. The second-order valence-corrected chi connectivity index (χ2v) is 7.94. The molecule has 0 aliphatic carbocycles. The van der Waals surface area contributed by atoms with Crippen LogP contribution in [0.5, 0.6) is 0 Å². The third-order valence-corrected chi connectivity index (χ3v) is 5.78. The molecule has 0 atom stereocenters. The van der Waals surface area contributed by atoms with Crippen molar-refractivity contribution in [3.05, 3.63) is 56.4 Å². The van der Waals surface area contributed by atoms with Gasteiger partial charge in [-0.05, 0) is 44.4 Å². The number of benzene rings is 1. The van der Waals surface area contributed by atoms with E-state index < -0.39 is 5.91 Å². The molecule has 7 nitrogen and oxygen atoms in total. The van der Waals surface area contributed by atoms with Gasteiger partial charge in [-0.2, -0.15) is 0 Å². The number of nitrogens with zero attached hydrogens (tertiary/aromatic N) is 2. The largest absolute Gasteiger partial charge is 0.345 e. The zero-order valence-corrected chi connectivity index (χ0v) is 17.1. The van der Waals surface area contributed by atoms with Crippen molar-refractivity contribution in [1.82, 2.24) is 14.9 Å². The Kier molecular flexibility index (Phi) is 5.60. The summed E-state index contributed by atoms with van der Waals surface area (Å²) in [6.45, 7) is 7.27. The number of rotatable bonds is 5. The van der Waals surface area contributed by atoms with Crippen molar-refractivity contribution in [2.24, 2.45) is 0 Å². The van der Waals surface area contributed by atoms with Gasteiger partial charge in [-0.25, -0.2) is 4.98 Å². The number of fused-ring (bicyclic) bond motifs is 1. The van der Waals surface area contributed by atoms with Gasteiger partial charge in [-0.15, -0.1) is 11.3 Å². The van der Waals surface area contributed by atoms with Crippen molar-refractivity contribution >= 4 is 39.1 Å². The van der Waals surface area contributed by atoms with Crippen LogP contribution in [0.15, 0.2) is 29.3 Å². The molecule has 28 heavy (non-hydrogen) atoms. The molecule has 0 radical (unpaired) electrons. The molecule has 2 heterocycles. The van der Waals surface area contributed by atoms with E-state index in [1.807, 2.05) is 45.9 Å². The summed E-state index contributed by atoms with van der Waals surface area (Å²) in [6.07, 6.45) is 1.37. The number of thiophene rings is 1. The highest BCUT2D eigenvalue weighted by atomic mass is 32.1. The van der Waals surface area contributed by atoms with Gasteiger partial charge in [0.1, 0.15) is 11.4 Å². The lowest BCUT2D eigenvalue weighted by Gasteiger charge is -2.12. The number of nitrogens with one attached hydrogen (secondary N) is 2. The van der Waals surface area contributed by atoms with Crippen molar-refractivity contribution in [3.63, 3.8) is 0 Å². The Morgan fingerprint density at radius 3 is 2.46 bits per heavy atom. The summed E-state index contributed by atoms with van der Waals surface area (Å²) < 4.78 is 1.26. The Hall–Kier alpha value is -3.00. The number of aromatic nitrogens is 2. The lowest BCUT2D eigenvalue weighted by atomic mass is 10.1. The summed E-state index contributed by atoms with van der Waals surface area (Å²) in [7, 11) is 0. The van der Waals surface area contributed by atoms with Gasteiger partial charge in [-0.3, -0.25) is 19.0 Å². The van der Waals surface area contributed by atoms with Crippen LogP contribution >= 0.6 is 11.3 Å².